The van der Waals surface area contributed by atoms with Crippen molar-refractivity contribution in [2.45, 2.75) is 6.92 Å². The highest BCUT2D eigenvalue weighted by Crippen LogP contribution is 2.24. The molecule has 0 amide bonds. The van der Waals surface area contributed by atoms with Gasteiger partial charge in [-0.1, -0.05) is 6.58 Å². The maximum atomic E-state index is 4.06. The second-order valence-electron chi connectivity index (χ2n) is 3.31. The molecule has 0 aliphatic rings. The first kappa shape index (κ1) is 9.45. The normalized spacial score (nSPS) is 9.93. The molecule has 0 radical (unpaired) electrons. The van der Waals surface area contributed by atoms with Crippen LogP contribution in [0.4, 0.5) is 5.69 Å². The van der Waals surface area contributed by atoms with Gasteiger partial charge in [-0.15, -0.1) is 0 Å². The summed E-state index contributed by atoms with van der Waals surface area (Å²) in [6.45, 7) is 5.70. The third kappa shape index (κ3) is 2.04. The lowest BCUT2D eigenvalue weighted by Crippen LogP contribution is -1.94. The van der Waals surface area contributed by atoms with Crippen molar-refractivity contribution >= 4 is 5.69 Å². The van der Waals surface area contributed by atoms with Crippen LogP contribution in [0.1, 0.15) is 6.92 Å². The Morgan fingerprint density at radius 2 is 2.33 bits per heavy atom. The number of hydrogen-bond donors (Lipinski definition) is 2. The summed E-state index contributed by atoms with van der Waals surface area (Å²) in [5, 5.41) is 10.1. The number of nitrogens with zero attached hydrogens (tertiary/aromatic N) is 2. The van der Waals surface area contributed by atoms with Crippen LogP contribution in [-0.2, 0) is 0 Å². The smallest absolute Gasteiger partial charge is 0.0900 e. The van der Waals surface area contributed by atoms with Crippen molar-refractivity contribution in [2.75, 3.05) is 5.32 Å². The van der Waals surface area contributed by atoms with Gasteiger partial charge >= 0.3 is 0 Å². The summed E-state index contributed by atoms with van der Waals surface area (Å²) < 4.78 is 0. The number of aromatic amines is 1. The van der Waals surface area contributed by atoms with Crippen LogP contribution in [-0.4, -0.2) is 15.2 Å². The molecule has 0 aromatic carbocycles. The van der Waals surface area contributed by atoms with Gasteiger partial charge in [-0.3, -0.25) is 10.1 Å². The highest BCUT2D eigenvalue weighted by Gasteiger charge is 2.06. The Balaban J connectivity index is 2.37. The zero-order valence-corrected chi connectivity index (χ0v) is 8.49. The Morgan fingerprint density at radius 3 is 3.00 bits per heavy atom. The summed E-state index contributed by atoms with van der Waals surface area (Å²) in [5.41, 5.74) is 3.71. The Kier molecular flexibility index (Phi) is 2.49. The number of rotatable bonds is 3. The zero-order chi connectivity index (χ0) is 10.7. The van der Waals surface area contributed by atoms with Gasteiger partial charge in [0.25, 0.3) is 0 Å². The number of allylic oxidation sites excluding steroid dienone is 1. The highest BCUT2D eigenvalue weighted by molar-refractivity contribution is 5.74. The van der Waals surface area contributed by atoms with E-state index in [1.165, 1.54) is 0 Å². The van der Waals surface area contributed by atoms with E-state index < -0.39 is 0 Å². The monoisotopic (exact) mass is 200 g/mol. The highest BCUT2D eigenvalue weighted by atomic mass is 15.1. The summed E-state index contributed by atoms with van der Waals surface area (Å²) in [5.74, 6) is 0. The number of anilines is 1. The fraction of sp³-hybridized carbons (Fsp3) is 0.0909. The van der Waals surface area contributed by atoms with Crippen molar-refractivity contribution in [3.8, 4) is 11.3 Å². The van der Waals surface area contributed by atoms with Gasteiger partial charge in [-0.25, -0.2) is 0 Å². The molecule has 2 heterocycles. The van der Waals surface area contributed by atoms with Gasteiger partial charge in [-0.05, 0) is 19.1 Å². The van der Waals surface area contributed by atoms with Gasteiger partial charge < -0.3 is 5.32 Å². The molecule has 2 rings (SSSR count). The maximum absolute atomic E-state index is 4.06. The summed E-state index contributed by atoms with van der Waals surface area (Å²) in [6.07, 6.45) is 5.26. The lowest BCUT2D eigenvalue weighted by Gasteiger charge is -2.05. The Morgan fingerprint density at radius 1 is 1.47 bits per heavy atom. The largest absolute Gasteiger partial charge is 0.357 e. The predicted molar refractivity (Wildman–Crippen MR) is 60.3 cm³/mol. The summed E-state index contributed by atoms with van der Waals surface area (Å²) >= 11 is 0. The fourth-order valence-corrected chi connectivity index (χ4v) is 1.34. The molecule has 0 saturated carbocycles. The van der Waals surface area contributed by atoms with Crippen molar-refractivity contribution in [3.05, 3.63) is 43.0 Å². The van der Waals surface area contributed by atoms with Gasteiger partial charge in [0.2, 0.25) is 0 Å². The summed E-state index contributed by atoms with van der Waals surface area (Å²) in [4.78, 5) is 4.06. The molecule has 2 aromatic heterocycles. The van der Waals surface area contributed by atoms with E-state index in [0.717, 1.165) is 22.6 Å². The Hall–Kier alpha value is -2.10. The molecule has 0 aliphatic carbocycles. The van der Waals surface area contributed by atoms with Crippen LogP contribution in [0.25, 0.3) is 11.3 Å². The summed E-state index contributed by atoms with van der Waals surface area (Å²) in [7, 11) is 0. The standard InChI is InChI=1S/C11H12N4/c1-8(2)14-10-7-13-15-11(10)9-4-3-5-12-6-9/h3-7,14H,1H2,2H3,(H,13,15). The van der Waals surface area contributed by atoms with E-state index in [0.29, 0.717) is 0 Å². The topological polar surface area (TPSA) is 53.6 Å². The van der Waals surface area contributed by atoms with E-state index in [-0.39, 0.29) is 0 Å². The first-order chi connectivity index (χ1) is 7.27. The van der Waals surface area contributed by atoms with Crippen LogP contribution in [0.15, 0.2) is 43.0 Å². The molecule has 76 valence electrons. The second kappa shape index (κ2) is 3.96. The molecule has 0 spiro atoms. The molecule has 2 N–H and O–H groups in total. The Bertz CT molecular complexity index is 458. The van der Waals surface area contributed by atoms with Crippen LogP contribution >= 0.6 is 0 Å². The fourth-order valence-electron chi connectivity index (χ4n) is 1.34. The molecular weight excluding hydrogens is 188 g/mol. The second-order valence-corrected chi connectivity index (χ2v) is 3.31. The van der Waals surface area contributed by atoms with Gasteiger partial charge in [0.15, 0.2) is 0 Å². The molecule has 4 heteroatoms. The van der Waals surface area contributed by atoms with Crippen molar-refractivity contribution in [3.63, 3.8) is 0 Å². The maximum Gasteiger partial charge on any atom is 0.0900 e. The molecule has 2 aromatic rings. The average Bonchev–Trinajstić information content (AvgIpc) is 2.66. The molecule has 4 nitrogen and oxygen atoms in total. The molecular formula is C11H12N4. The molecule has 0 saturated heterocycles. The molecule has 0 aliphatic heterocycles. The molecule has 0 atom stereocenters. The van der Waals surface area contributed by atoms with E-state index in [9.17, 15) is 0 Å². The average molecular weight is 200 g/mol. The van der Waals surface area contributed by atoms with E-state index in [4.69, 9.17) is 0 Å². The van der Waals surface area contributed by atoms with E-state index in [2.05, 4.69) is 27.1 Å². The van der Waals surface area contributed by atoms with Gasteiger partial charge in [-0.2, -0.15) is 5.10 Å². The quantitative estimate of drug-likeness (QED) is 0.800. The number of pyridine rings is 1. The molecule has 0 fully saturated rings. The minimum atomic E-state index is 0.876. The van der Waals surface area contributed by atoms with Gasteiger partial charge in [0, 0.05) is 23.7 Å². The number of aromatic nitrogens is 3. The van der Waals surface area contributed by atoms with Crippen molar-refractivity contribution in [1.82, 2.24) is 15.2 Å². The molecule has 0 unspecified atom stereocenters. The Labute approximate surface area is 88.1 Å². The van der Waals surface area contributed by atoms with Crippen LogP contribution in [0.2, 0.25) is 0 Å². The van der Waals surface area contributed by atoms with Crippen LogP contribution < -0.4 is 5.32 Å². The van der Waals surface area contributed by atoms with Crippen LogP contribution in [0.5, 0.6) is 0 Å². The van der Waals surface area contributed by atoms with Crippen molar-refractivity contribution in [1.29, 1.82) is 0 Å². The SMILES string of the molecule is C=C(C)Nc1cn[nH]c1-c1cccnc1. The number of H-pyrrole nitrogens is 1. The third-order valence-corrected chi connectivity index (χ3v) is 1.94. The van der Waals surface area contributed by atoms with Crippen LogP contribution in [0, 0.1) is 0 Å². The van der Waals surface area contributed by atoms with Crippen molar-refractivity contribution < 1.29 is 0 Å². The van der Waals surface area contributed by atoms with E-state index in [1.807, 2.05) is 19.1 Å². The lowest BCUT2D eigenvalue weighted by molar-refractivity contribution is 1.09. The van der Waals surface area contributed by atoms with Gasteiger partial charge in [0.05, 0.1) is 17.6 Å². The third-order valence-electron chi connectivity index (χ3n) is 1.94. The summed E-state index contributed by atoms with van der Waals surface area (Å²) in [6, 6.07) is 3.87. The number of nitrogens with one attached hydrogen (secondary N) is 2. The van der Waals surface area contributed by atoms with Crippen LogP contribution in [0.3, 0.4) is 0 Å². The number of hydrogen-bond acceptors (Lipinski definition) is 3. The lowest BCUT2D eigenvalue weighted by atomic mass is 10.2. The van der Waals surface area contributed by atoms with E-state index in [1.54, 1.807) is 18.6 Å². The van der Waals surface area contributed by atoms with Crippen molar-refractivity contribution in [2.24, 2.45) is 0 Å². The molecule has 15 heavy (non-hydrogen) atoms. The first-order valence-electron chi connectivity index (χ1n) is 4.63. The predicted octanol–water partition coefficient (Wildman–Crippen LogP) is 2.42. The van der Waals surface area contributed by atoms with E-state index >= 15 is 0 Å². The zero-order valence-electron chi connectivity index (χ0n) is 8.49. The minimum Gasteiger partial charge on any atom is -0.357 e. The van der Waals surface area contributed by atoms with Gasteiger partial charge in [0.1, 0.15) is 0 Å². The minimum absolute atomic E-state index is 0.876. The molecule has 0 bridgehead atoms. The first-order valence-corrected chi connectivity index (χ1v) is 4.63.